The normalized spacial score (nSPS) is 15.4. The first kappa shape index (κ1) is 23.0. The van der Waals surface area contributed by atoms with E-state index in [1.807, 2.05) is 29.2 Å². The molecule has 2 aromatic rings. The minimum atomic E-state index is 0.143. The molecule has 5 nitrogen and oxygen atoms in total. The third-order valence-corrected chi connectivity index (χ3v) is 6.37. The van der Waals surface area contributed by atoms with Gasteiger partial charge in [0, 0.05) is 25.6 Å². The number of aryl methyl sites for hydroxylation is 1. The lowest BCUT2D eigenvalue weighted by molar-refractivity contribution is -0.132. The van der Waals surface area contributed by atoms with Crippen molar-refractivity contribution in [3.8, 4) is 17.2 Å². The molecule has 1 unspecified atom stereocenters. The van der Waals surface area contributed by atoms with Crippen molar-refractivity contribution in [2.45, 2.75) is 44.9 Å². The maximum atomic E-state index is 12.9. The van der Waals surface area contributed by atoms with Crippen LogP contribution in [0.3, 0.4) is 0 Å². The second kappa shape index (κ2) is 11.1. The van der Waals surface area contributed by atoms with Gasteiger partial charge in [0.1, 0.15) is 17.2 Å². The summed E-state index contributed by atoms with van der Waals surface area (Å²) < 4.78 is 16.2. The highest BCUT2D eigenvalue weighted by atomic mass is 16.5. The lowest BCUT2D eigenvalue weighted by Gasteiger charge is -2.33. The van der Waals surface area contributed by atoms with Gasteiger partial charge in [0.25, 0.3) is 0 Å². The molecule has 1 atom stereocenters. The Kier molecular flexibility index (Phi) is 8.21. The highest BCUT2D eigenvalue weighted by Crippen LogP contribution is 2.30. The Morgan fingerprint density at radius 2 is 1.65 bits per heavy atom. The predicted molar refractivity (Wildman–Crippen MR) is 123 cm³/mol. The summed E-state index contributed by atoms with van der Waals surface area (Å²) in [6.07, 6.45) is 4.77. The number of carbonyl (C=O) groups is 1. The van der Waals surface area contributed by atoms with Crippen LogP contribution < -0.4 is 14.2 Å². The number of ether oxygens (including phenoxy) is 3. The molecule has 0 saturated carbocycles. The van der Waals surface area contributed by atoms with E-state index in [4.69, 9.17) is 14.2 Å². The first-order chi connectivity index (χ1) is 15.0. The number of carbonyl (C=O) groups excluding carboxylic acids is 1. The van der Waals surface area contributed by atoms with Crippen LogP contribution in [0, 0.1) is 5.92 Å². The summed E-state index contributed by atoms with van der Waals surface area (Å²) in [5.41, 5.74) is 2.34. The van der Waals surface area contributed by atoms with E-state index in [1.54, 1.807) is 21.3 Å². The molecule has 1 amide bonds. The van der Waals surface area contributed by atoms with Gasteiger partial charge in [0.15, 0.2) is 0 Å². The maximum Gasteiger partial charge on any atom is 0.223 e. The zero-order valence-corrected chi connectivity index (χ0v) is 19.2. The number of hydrogen-bond acceptors (Lipinski definition) is 4. The van der Waals surface area contributed by atoms with E-state index in [9.17, 15) is 4.79 Å². The maximum absolute atomic E-state index is 12.9. The fourth-order valence-electron chi connectivity index (χ4n) is 4.43. The first-order valence-corrected chi connectivity index (χ1v) is 11.2. The van der Waals surface area contributed by atoms with Crippen molar-refractivity contribution in [1.29, 1.82) is 0 Å². The number of likely N-dealkylation sites (tertiary alicyclic amines) is 1. The SMILES string of the molecule is COc1cc(CCC2CCN(C(=O)CC(C)c3ccccc3OC)CC2)cc(OC)c1. The standard InChI is InChI=1S/C26H35NO4/c1-19(24-7-5-6-8-25(24)31-4)15-26(28)27-13-11-20(12-14-27)9-10-21-16-22(29-2)18-23(17-21)30-3/h5-8,16-20H,9-15H2,1-4H3. The van der Waals surface area contributed by atoms with Crippen molar-refractivity contribution < 1.29 is 19.0 Å². The largest absolute Gasteiger partial charge is 0.497 e. The number of rotatable bonds is 9. The van der Waals surface area contributed by atoms with E-state index < -0.39 is 0 Å². The molecule has 0 aliphatic carbocycles. The minimum Gasteiger partial charge on any atom is -0.497 e. The van der Waals surface area contributed by atoms with Gasteiger partial charge in [-0.25, -0.2) is 0 Å². The Morgan fingerprint density at radius 1 is 1.00 bits per heavy atom. The Hall–Kier alpha value is -2.69. The van der Waals surface area contributed by atoms with Crippen molar-refractivity contribution in [1.82, 2.24) is 4.90 Å². The fraction of sp³-hybridized carbons (Fsp3) is 0.500. The Morgan fingerprint density at radius 3 is 2.26 bits per heavy atom. The van der Waals surface area contributed by atoms with Crippen LogP contribution >= 0.6 is 0 Å². The van der Waals surface area contributed by atoms with E-state index in [2.05, 4.69) is 25.1 Å². The molecule has 1 saturated heterocycles. The van der Waals surface area contributed by atoms with Crippen LogP contribution in [0.5, 0.6) is 17.2 Å². The average molecular weight is 426 g/mol. The van der Waals surface area contributed by atoms with Crippen LogP contribution in [0.1, 0.15) is 49.7 Å². The predicted octanol–water partition coefficient (Wildman–Crippen LogP) is 5.08. The zero-order chi connectivity index (χ0) is 22.2. The number of benzene rings is 2. The minimum absolute atomic E-state index is 0.143. The number of methoxy groups -OCH3 is 3. The molecule has 0 radical (unpaired) electrons. The molecule has 0 aromatic heterocycles. The summed E-state index contributed by atoms with van der Waals surface area (Å²) in [6.45, 7) is 3.80. The summed E-state index contributed by atoms with van der Waals surface area (Å²) in [6, 6.07) is 14.0. The Balaban J connectivity index is 1.47. The van der Waals surface area contributed by atoms with Gasteiger partial charge in [0.2, 0.25) is 5.91 Å². The van der Waals surface area contributed by atoms with Gasteiger partial charge in [-0.1, -0.05) is 25.1 Å². The van der Waals surface area contributed by atoms with Crippen molar-refractivity contribution in [2.24, 2.45) is 5.92 Å². The van der Waals surface area contributed by atoms with Crippen LogP contribution in [0.25, 0.3) is 0 Å². The summed E-state index contributed by atoms with van der Waals surface area (Å²) >= 11 is 0. The van der Waals surface area contributed by atoms with E-state index in [0.717, 1.165) is 61.6 Å². The van der Waals surface area contributed by atoms with Gasteiger partial charge in [-0.05, 0) is 66.8 Å². The second-order valence-electron chi connectivity index (χ2n) is 8.43. The molecule has 1 fully saturated rings. The highest BCUT2D eigenvalue weighted by molar-refractivity contribution is 5.77. The molecular weight excluding hydrogens is 390 g/mol. The fourth-order valence-corrected chi connectivity index (χ4v) is 4.43. The Labute approximate surface area is 186 Å². The topological polar surface area (TPSA) is 48.0 Å². The van der Waals surface area contributed by atoms with E-state index >= 15 is 0 Å². The van der Waals surface area contributed by atoms with Gasteiger partial charge in [-0.3, -0.25) is 4.79 Å². The summed E-state index contributed by atoms with van der Waals surface area (Å²) in [4.78, 5) is 14.9. The van der Waals surface area contributed by atoms with Gasteiger partial charge in [-0.15, -0.1) is 0 Å². The van der Waals surface area contributed by atoms with Gasteiger partial charge in [0.05, 0.1) is 21.3 Å². The molecule has 0 spiro atoms. The van der Waals surface area contributed by atoms with E-state index in [-0.39, 0.29) is 11.8 Å². The summed E-state index contributed by atoms with van der Waals surface area (Å²) in [5.74, 6) is 3.56. The molecular formula is C26H35NO4. The third kappa shape index (κ3) is 6.16. The molecule has 0 N–H and O–H groups in total. The van der Waals surface area contributed by atoms with Crippen LogP contribution in [0.4, 0.5) is 0 Å². The number of hydrogen-bond donors (Lipinski definition) is 0. The third-order valence-electron chi connectivity index (χ3n) is 6.37. The highest BCUT2D eigenvalue weighted by Gasteiger charge is 2.25. The molecule has 1 heterocycles. The van der Waals surface area contributed by atoms with Crippen LogP contribution in [0.2, 0.25) is 0 Å². The van der Waals surface area contributed by atoms with Gasteiger partial charge >= 0.3 is 0 Å². The number of amides is 1. The van der Waals surface area contributed by atoms with Crippen molar-refractivity contribution >= 4 is 5.91 Å². The van der Waals surface area contributed by atoms with Crippen LogP contribution in [-0.4, -0.2) is 45.2 Å². The zero-order valence-electron chi connectivity index (χ0n) is 19.2. The molecule has 1 aliphatic rings. The summed E-state index contributed by atoms with van der Waals surface area (Å²) in [7, 11) is 5.04. The molecule has 0 bridgehead atoms. The molecule has 5 heteroatoms. The molecule has 2 aromatic carbocycles. The van der Waals surface area contributed by atoms with Crippen molar-refractivity contribution in [2.75, 3.05) is 34.4 Å². The molecule has 3 rings (SSSR count). The summed E-state index contributed by atoms with van der Waals surface area (Å²) in [5, 5.41) is 0. The monoisotopic (exact) mass is 425 g/mol. The number of para-hydroxylation sites is 1. The smallest absolute Gasteiger partial charge is 0.223 e. The molecule has 168 valence electrons. The first-order valence-electron chi connectivity index (χ1n) is 11.2. The number of nitrogens with zero attached hydrogens (tertiary/aromatic N) is 1. The lowest BCUT2D eigenvalue weighted by Crippen LogP contribution is -2.39. The molecule has 1 aliphatic heterocycles. The van der Waals surface area contributed by atoms with E-state index in [0.29, 0.717) is 12.3 Å². The van der Waals surface area contributed by atoms with Gasteiger partial charge < -0.3 is 19.1 Å². The second-order valence-corrected chi connectivity index (χ2v) is 8.43. The molecule has 31 heavy (non-hydrogen) atoms. The average Bonchev–Trinajstić information content (AvgIpc) is 2.82. The van der Waals surface area contributed by atoms with E-state index in [1.165, 1.54) is 5.56 Å². The van der Waals surface area contributed by atoms with Crippen LogP contribution in [-0.2, 0) is 11.2 Å². The van der Waals surface area contributed by atoms with Crippen molar-refractivity contribution in [3.63, 3.8) is 0 Å². The van der Waals surface area contributed by atoms with Crippen LogP contribution in [0.15, 0.2) is 42.5 Å². The Bertz CT molecular complexity index is 836. The quantitative estimate of drug-likeness (QED) is 0.562. The lowest BCUT2D eigenvalue weighted by atomic mass is 9.89. The number of piperidine rings is 1. The van der Waals surface area contributed by atoms with Crippen molar-refractivity contribution in [3.05, 3.63) is 53.6 Å². The van der Waals surface area contributed by atoms with Gasteiger partial charge in [-0.2, -0.15) is 0 Å².